The summed E-state index contributed by atoms with van der Waals surface area (Å²) in [6.45, 7) is 1.95. The van der Waals surface area contributed by atoms with Crippen molar-refractivity contribution in [1.29, 1.82) is 0 Å². The Morgan fingerprint density at radius 3 is 2.58 bits per heavy atom. The fourth-order valence-electron chi connectivity index (χ4n) is 3.96. The summed E-state index contributed by atoms with van der Waals surface area (Å²) >= 11 is 1.22. The molecule has 0 saturated carbocycles. The van der Waals surface area contributed by atoms with Gasteiger partial charge in [0, 0.05) is 23.2 Å². The van der Waals surface area contributed by atoms with Crippen LogP contribution in [0.5, 0.6) is 5.75 Å². The van der Waals surface area contributed by atoms with Gasteiger partial charge in [-0.15, -0.1) is 10.2 Å². The van der Waals surface area contributed by atoms with E-state index in [-0.39, 0.29) is 24.0 Å². The molecule has 1 aromatic heterocycles. The van der Waals surface area contributed by atoms with E-state index in [2.05, 4.69) is 15.5 Å². The normalized spacial score (nSPS) is 10.9. The monoisotopic (exact) mass is 525 g/mol. The van der Waals surface area contributed by atoms with E-state index in [9.17, 15) is 14.9 Å². The topological polar surface area (TPSA) is 112 Å². The van der Waals surface area contributed by atoms with Gasteiger partial charge in [-0.2, -0.15) is 0 Å². The molecule has 0 bridgehead atoms. The number of rotatable bonds is 9. The summed E-state index contributed by atoms with van der Waals surface area (Å²) in [6, 6.07) is 27.9. The molecule has 5 aromatic rings. The van der Waals surface area contributed by atoms with Crippen molar-refractivity contribution < 1.29 is 14.5 Å². The van der Waals surface area contributed by atoms with E-state index in [1.807, 2.05) is 77.4 Å². The lowest BCUT2D eigenvalue weighted by molar-refractivity contribution is -0.384. The van der Waals surface area contributed by atoms with Crippen molar-refractivity contribution in [2.45, 2.75) is 18.7 Å². The number of aromatic nitrogens is 3. The van der Waals surface area contributed by atoms with Crippen molar-refractivity contribution >= 4 is 39.8 Å². The zero-order valence-electron chi connectivity index (χ0n) is 20.4. The number of hydrogen-bond donors (Lipinski definition) is 1. The Morgan fingerprint density at radius 2 is 1.76 bits per heavy atom. The van der Waals surface area contributed by atoms with E-state index >= 15 is 0 Å². The lowest BCUT2D eigenvalue weighted by Crippen LogP contribution is -2.15. The van der Waals surface area contributed by atoms with Crippen molar-refractivity contribution in [3.63, 3.8) is 0 Å². The Bertz CT molecular complexity index is 1620. The van der Waals surface area contributed by atoms with Crippen LogP contribution in [0.1, 0.15) is 11.4 Å². The lowest BCUT2D eigenvalue weighted by atomic mass is 10.1. The first-order chi connectivity index (χ1) is 18.5. The molecular weight excluding hydrogens is 502 g/mol. The van der Waals surface area contributed by atoms with E-state index in [4.69, 9.17) is 4.74 Å². The molecule has 10 heteroatoms. The van der Waals surface area contributed by atoms with Crippen LogP contribution in [0.4, 0.5) is 11.4 Å². The Labute approximate surface area is 222 Å². The van der Waals surface area contributed by atoms with E-state index in [1.54, 1.807) is 13.0 Å². The molecule has 0 aliphatic rings. The first-order valence-electron chi connectivity index (χ1n) is 11.8. The fraction of sp³-hybridized carbons (Fsp3) is 0.107. The largest absolute Gasteiger partial charge is 0.485 e. The zero-order chi connectivity index (χ0) is 26.5. The number of nitrogens with zero attached hydrogens (tertiary/aromatic N) is 4. The summed E-state index contributed by atoms with van der Waals surface area (Å²) in [6.07, 6.45) is 0. The molecule has 5 rings (SSSR count). The number of amides is 1. The maximum atomic E-state index is 12.7. The minimum atomic E-state index is -0.492. The number of ether oxygens (including phenoxy) is 1. The minimum Gasteiger partial charge on any atom is -0.485 e. The second-order valence-corrected chi connectivity index (χ2v) is 9.37. The summed E-state index contributed by atoms with van der Waals surface area (Å²) in [5.41, 5.74) is 1.89. The molecule has 1 amide bonds. The highest BCUT2D eigenvalue weighted by atomic mass is 32.2. The highest BCUT2D eigenvalue weighted by Gasteiger charge is 2.18. The highest BCUT2D eigenvalue weighted by molar-refractivity contribution is 7.99. The number of para-hydroxylation sites is 1. The summed E-state index contributed by atoms with van der Waals surface area (Å²) < 4.78 is 8.02. The van der Waals surface area contributed by atoms with Gasteiger partial charge in [-0.25, -0.2) is 0 Å². The SMILES string of the molecule is Cc1ccc([N+](=O)[O-])cc1NC(=O)CSc1nnc(COc2cccc3ccccc23)n1-c1ccccc1. The molecule has 0 aliphatic heterocycles. The Balaban J connectivity index is 1.34. The maximum Gasteiger partial charge on any atom is 0.271 e. The van der Waals surface area contributed by atoms with Crippen molar-refractivity contribution in [1.82, 2.24) is 14.8 Å². The van der Waals surface area contributed by atoms with Crippen LogP contribution < -0.4 is 10.1 Å². The molecule has 0 atom stereocenters. The van der Waals surface area contributed by atoms with Crippen LogP contribution in [0, 0.1) is 17.0 Å². The third-order valence-corrected chi connectivity index (χ3v) is 6.79. The van der Waals surface area contributed by atoms with Gasteiger partial charge in [0.05, 0.1) is 16.4 Å². The molecule has 0 saturated heterocycles. The Morgan fingerprint density at radius 1 is 1.00 bits per heavy atom. The quantitative estimate of drug-likeness (QED) is 0.144. The average molecular weight is 526 g/mol. The molecule has 0 spiro atoms. The number of benzene rings is 4. The third kappa shape index (κ3) is 5.50. The number of nitrogens with one attached hydrogen (secondary N) is 1. The average Bonchev–Trinajstić information content (AvgIpc) is 3.35. The second-order valence-electron chi connectivity index (χ2n) is 8.43. The number of nitro benzene ring substituents is 1. The number of hydrogen-bond acceptors (Lipinski definition) is 7. The molecule has 0 unspecified atom stereocenters. The summed E-state index contributed by atoms with van der Waals surface area (Å²) in [5.74, 6) is 1.06. The van der Waals surface area contributed by atoms with Gasteiger partial charge < -0.3 is 10.1 Å². The molecule has 0 radical (unpaired) electrons. The Kier molecular flexibility index (Phi) is 7.32. The first-order valence-corrected chi connectivity index (χ1v) is 12.8. The predicted molar refractivity (Wildman–Crippen MR) is 147 cm³/mol. The number of carbonyl (C=O) groups excluding carboxylic acids is 1. The number of carbonyl (C=O) groups is 1. The Hall–Kier alpha value is -4.70. The number of thioether (sulfide) groups is 1. The fourth-order valence-corrected chi connectivity index (χ4v) is 4.73. The number of anilines is 1. The highest BCUT2D eigenvalue weighted by Crippen LogP contribution is 2.28. The number of aryl methyl sites for hydroxylation is 1. The van der Waals surface area contributed by atoms with Crippen LogP contribution in [0.15, 0.2) is 96.2 Å². The second kappa shape index (κ2) is 11.1. The van der Waals surface area contributed by atoms with Crippen molar-refractivity contribution in [2.24, 2.45) is 0 Å². The van der Waals surface area contributed by atoms with Gasteiger partial charge >= 0.3 is 0 Å². The molecule has 38 heavy (non-hydrogen) atoms. The number of nitro groups is 1. The summed E-state index contributed by atoms with van der Waals surface area (Å²) in [7, 11) is 0. The molecule has 0 fully saturated rings. The van der Waals surface area contributed by atoms with Crippen LogP contribution in [-0.4, -0.2) is 31.3 Å². The molecule has 1 heterocycles. The predicted octanol–water partition coefficient (Wildman–Crippen LogP) is 5.95. The van der Waals surface area contributed by atoms with Gasteiger partial charge in [0.1, 0.15) is 12.4 Å². The minimum absolute atomic E-state index is 0.0390. The van der Waals surface area contributed by atoms with Gasteiger partial charge in [0.2, 0.25) is 5.91 Å². The molecule has 9 nitrogen and oxygen atoms in total. The van der Waals surface area contributed by atoms with Crippen molar-refractivity contribution in [3.05, 3.63) is 112 Å². The van der Waals surface area contributed by atoms with Crippen molar-refractivity contribution in [2.75, 3.05) is 11.1 Å². The van der Waals surface area contributed by atoms with Gasteiger partial charge in [-0.3, -0.25) is 19.5 Å². The van der Waals surface area contributed by atoms with Crippen LogP contribution in [0.25, 0.3) is 16.5 Å². The van der Waals surface area contributed by atoms with Gasteiger partial charge in [-0.05, 0) is 36.1 Å². The summed E-state index contributed by atoms with van der Waals surface area (Å²) in [4.78, 5) is 23.3. The maximum absolute atomic E-state index is 12.7. The lowest BCUT2D eigenvalue weighted by Gasteiger charge is -2.12. The molecule has 190 valence electrons. The molecule has 1 N–H and O–H groups in total. The van der Waals surface area contributed by atoms with E-state index in [0.29, 0.717) is 16.7 Å². The molecule has 4 aromatic carbocycles. The van der Waals surface area contributed by atoms with E-state index in [0.717, 1.165) is 27.8 Å². The van der Waals surface area contributed by atoms with Crippen LogP contribution in [0.3, 0.4) is 0 Å². The smallest absolute Gasteiger partial charge is 0.271 e. The number of fused-ring (bicyclic) bond motifs is 1. The van der Waals surface area contributed by atoms with Crippen LogP contribution in [-0.2, 0) is 11.4 Å². The van der Waals surface area contributed by atoms with Crippen LogP contribution in [0.2, 0.25) is 0 Å². The number of non-ortho nitro benzene ring substituents is 1. The van der Waals surface area contributed by atoms with Gasteiger partial charge in [-0.1, -0.05) is 72.4 Å². The van der Waals surface area contributed by atoms with Crippen molar-refractivity contribution in [3.8, 4) is 11.4 Å². The summed E-state index contributed by atoms with van der Waals surface area (Å²) in [5, 5.41) is 25.2. The van der Waals surface area contributed by atoms with Gasteiger partial charge in [0.15, 0.2) is 11.0 Å². The zero-order valence-corrected chi connectivity index (χ0v) is 21.2. The van der Waals surface area contributed by atoms with Crippen LogP contribution >= 0.6 is 11.8 Å². The standard InChI is InChI=1S/C28H23N5O4S/c1-19-14-15-22(33(35)36)16-24(19)29-27(34)18-38-28-31-30-26(32(28)21-10-3-2-4-11-21)17-37-25-13-7-9-20-8-5-6-12-23(20)25/h2-16H,17-18H2,1H3,(H,29,34). The van der Waals surface area contributed by atoms with Gasteiger partial charge in [0.25, 0.3) is 5.69 Å². The van der Waals surface area contributed by atoms with E-state index in [1.165, 1.54) is 23.9 Å². The molecular formula is C28H23N5O4S. The molecule has 0 aliphatic carbocycles. The van der Waals surface area contributed by atoms with E-state index < -0.39 is 4.92 Å². The third-order valence-electron chi connectivity index (χ3n) is 5.86. The first kappa shape index (κ1) is 25.0.